The first-order valence-corrected chi connectivity index (χ1v) is 8.71. The van der Waals surface area contributed by atoms with Crippen molar-refractivity contribution in [2.45, 2.75) is 19.8 Å². The molecule has 0 bridgehead atoms. The first-order valence-electron chi connectivity index (χ1n) is 8.71. The smallest absolute Gasteiger partial charge is 0.319 e. The maximum Gasteiger partial charge on any atom is 0.319 e. The average Bonchev–Trinajstić information content (AvgIpc) is 2.67. The first kappa shape index (κ1) is 20.0. The van der Waals surface area contributed by atoms with Gasteiger partial charge in [-0.05, 0) is 36.2 Å². The van der Waals surface area contributed by atoms with Gasteiger partial charge in [0.15, 0.2) is 6.61 Å². The molecular formula is C20H23N3O4. The van der Waals surface area contributed by atoms with Crippen molar-refractivity contribution < 1.29 is 19.1 Å². The summed E-state index contributed by atoms with van der Waals surface area (Å²) in [5.74, 6) is -0.973. The Labute approximate surface area is 158 Å². The Morgan fingerprint density at radius 2 is 1.67 bits per heavy atom. The second-order valence-corrected chi connectivity index (χ2v) is 5.76. The third kappa shape index (κ3) is 7.60. The van der Waals surface area contributed by atoms with Crippen LogP contribution in [0.5, 0.6) is 0 Å². The van der Waals surface area contributed by atoms with Crippen molar-refractivity contribution in [3.8, 4) is 0 Å². The van der Waals surface area contributed by atoms with E-state index in [0.29, 0.717) is 11.4 Å². The van der Waals surface area contributed by atoms with E-state index in [1.54, 1.807) is 30.3 Å². The van der Waals surface area contributed by atoms with Crippen molar-refractivity contribution in [1.29, 1.82) is 0 Å². The number of rotatable bonds is 8. The van der Waals surface area contributed by atoms with E-state index in [9.17, 15) is 14.4 Å². The fourth-order valence-electron chi connectivity index (χ4n) is 2.26. The zero-order valence-electron chi connectivity index (χ0n) is 15.2. The molecule has 0 aromatic heterocycles. The summed E-state index contributed by atoms with van der Waals surface area (Å²) < 4.78 is 4.91. The summed E-state index contributed by atoms with van der Waals surface area (Å²) in [4.78, 5) is 35.2. The molecule has 0 heterocycles. The Hall–Kier alpha value is -3.35. The predicted octanol–water partition coefficient (Wildman–Crippen LogP) is 2.94. The fraction of sp³-hybridized carbons (Fsp3) is 0.250. The molecule has 7 heteroatoms. The summed E-state index contributed by atoms with van der Waals surface area (Å²) in [6.07, 6.45) is 0.838. The van der Waals surface area contributed by atoms with Crippen LogP contribution in [0.25, 0.3) is 0 Å². The summed E-state index contributed by atoms with van der Waals surface area (Å²) in [6, 6.07) is 16.0. The highest BCUT2D eigenvalue weighted by atomic mass is 16.5. The zero-order valence-corrected chi connectivity index (χ0v) is 15.2. The van der Waals surface area contributed by atoms with E-state index in [2.05, 4.69) is 16.0 Å². The van der Waals surface area contributed by atoms with Crippen LogP contribution in [0.4, 0.5) is 16.2 Å². The molecule has 27 heavy (non-hydrogen) atoms. The second kappa shape index (κ2) is 10.6. The van der Waals surface area contributed by atoms with Gasteiger partial charge in [0.25, 0.3) is 5.91 Å². The number of urea groups is 1. The Bertz CT molecular complexity index is 778. The Morgan fingerprint density at radius 3 is 2.41 bits per heavy atom. The largest absolute Gasteiger partial charge is 0.456 e. The number of amides is 3. The van der Waals surface area contributed by atoms with Gasteiger partial charge in [-0.2, -0.15) is 0 Å². The molecule has 3 N–H and O–H groups in total. The summed E-state index contributed by atoms with van der Waals surface area (Å²) in [5.41, 5.74) is 2.42. The molecule has 0 aliphatic carbocycles. The normalized spacial score (nSPS) is 9.96. The predicted molar refractivity (Wildman–Crippen MR) is 103 cm³/mol. The van der Waals surface area contributed by atoms with Crippen molar-refractivity contribution in [2.75, 3.05) is 23.8 Å². The minimum Gasteiger partial charge on any atom is -0.456 e. The number of esters is 1. The van der Waals surface area contributed by atoms with Crippen LogP contribution in [0.15, 0.2) is 54.6 Å². The number of hydrogen-bond donors (Lipinski definition) is 3. The summed E-state index contributed by atoms with van der Waals surface area (Å²) in [7, 11) is 0. The van der Waals surface area contributed by atoms with E-state index in [4.69, 9.17) is 4.74 Å². The Morgan fingerprint density at radius 1 is 0.926 bits per heavy atom. The lowest BCUT2D eigenvalue weighted by Gasteiger charge is -2.09. The number of carbonyl (C=O) groups is 3. The summed E-state index contributed by atoms with van der Waals surface area (Å²) in [6.45, 7) is 1.76. The SMILES string of the molecule is CCc1cccc(NC(=O)COC(=O)CCNC(=O)Nc2ccccc2)c1. The van der Waals surface area contributed by atoms with Gasteiger partial charge in [0.2, 0.25) is 0 Å². The van der Waals surface area contributed by atoms with Gasteiger partial charge < -0.3 is 20.7 Å². The van der Waals surface area contributed by atoms with E-state index in [1.165, 1.54) is 0 Å². The number of ether oxygens (including phenoxy) is 1. The van der Waals surface area contributed by atoms with Crippen molar-refractivity contribution >= 4 is 29.3 Å². The molecule has 2 aromatic rings. The fourth-order valence-corrected chi connectivity index (χ4v) is 2.26. The van der Waals surface area contributed by atoms with Crippen molar-refractivity contribution in [3.05, 3.63) is 60.2 Å². The van der Waals surface area contributed by atoms with E-state index >= 15 is 0 Å². The van der Waals surface area contributed by atoms with Gasteiger partial charge >= 0.3 is 12.0 Å². The van der Waals surface area contributed by atoms with Crippen LogP contribution in [-0.2, 0) is 20.7 Å². The molecule has 0 atom stereocenters. The number of aryl methyl sites for hydroxylation is 1. The van der Waals surface area contributed by atoms with E-state index in [1.807, 2.05) is 31.2 Å². The lowest BCUT2D eigenvalue weighted by Crippen LogP contribution is -2.31. The summed E-state index contributed by atoms with van der Waals surface area (Å²) in [5, 5.41) is 7.86. The highest BCUT2D eigenvalue weighted by Gasteiger charge is 2.09. The molecule has 2 aromatic carbocycles. The van der Waals surface area contributed by atoms with Crippen LogP contribution in [0.1, 0.15) is 18.9 Å². The molecule has 0 fully saturated rings. The van der Waals surface area contributed by atoms with Gasteiger partial charge in [0, 0.05) is 17.9 Å². The highest BCUT2D eigenvalue weighted by molar-refractivity contribution is 5.93. The molecule has 142 valence electrons. The molecule has 0 saturated carbocycles. The molecule has 0 spiro atoms. The van der Waals surface area contributed by atoms with Crippen LogP contribution < -0.4 is 16.0 Å². The zero-order chi connectivity index (χ0) is 19.5. The monoisotopic (exact) mass is 369 g/mol. The van der Waals surface area contributed by atoms with Gasteiger partial charge in [-0.1, -0.05) is 37.3 Å². The molecule has 0 aliphatic heterocycles. The van der Waals surface area contributed by atoms with E-state index < -0.39 is 17.9 Å². The first-order chi connectivity index (χ1) is 13.1. The van der Waals surface area contributed by atoms with E-state index in [-0.39, 0.29) is 19.6 Å². The molecule has 2 rings (SSSR count). The highest BCUT2D eigenvalue weighted by Crippen LogP contribution is 2.11. The topological polar surface area (TPSA) is 96.5 Å². The van der Waals surface area contributed by atoms with Crippen molar-refractivity contribution in [3.63, 3.8) is 0 Å². The molecule has 3 amide bonds. The number of carbonyl (C=O) groups excluding carboxylic acids is 3. The number of para-hydroxylation sites is 1. The Kier molecular flexibility index (Phi) is 7.84. The van der Waals surface area contributed by atoms with Crippen LogP contribution in [0, 0.1) is 0 Å². The van der Waals surface area contributed by atoms with Gasteiger partial charge in [-0.15, -0.1) is 0 Å². The molecule has 0 unspecified atom stereocenters. The average molecular weight is 369 g/mol. The lowest BCUT2D eigenvalue weighted by molar-refractivity contribution is -0.147. The number of hydrogen-bond acceptors (Lipinski definition) is 4. The van der Waals surface area contributed by atoms with Crippen LogP contribution >= 0.6 is 0 Å². The maximum atomic E-state index is 11.8. The molecule has 0 aliphatic rings. The van der Waals surface area contributed by atoms with E-state index in [0.717, 1.165) is 12.0 Å². The molecule has 0 radical (unpaired) electrons. The van der Waals surface area contributed by atoms with Gasteiger partial charge in [0.1, 0.15) is 0 Å². The molecule has 0 saturated heterocycles. The third-order valence-electron chi connectivity index (χ3n) is 3.63. The number of benzene rings is 2. The van der Waals surface area contributed by atoms with Crippen LogP contribution in [-0.4, -0.2) is 31.1 Å². The van der Waals surface area contributed by atoms with Crippen LogP contribution in [0.3, 0.4) is 0 Å². The van der Waals surface area contributed by atoms with Gasteiger partial charge in [-0.3, -0.25) is 9.59 Å². The van der Waals surface area contributed by atoms with Gasteiger partial charge in [0.05, 0.1) is 6.42 Å². The van der Waals surface area contributed by atoms with Crippen LogP contribution in [0.2, 0.25) is 0 Å². The second-order valence-electron chi connectivity index (χ2n) is 5.76. The quantitative estimate of drug-likeness (QED) is 0.623. The van der Waals surface area contributed by atoms with Crippen molar-refractivity contribution in [1.82, 2.24) is 5.32 Å². The minimum atomic E-state index is -0.563. The third-order valence-corrected chi connectivity index (χ3v) is 3.63. The molecule has 7 nitrogen and oxygen atoms in total. The minimum absolute atomic E-state index is 0.0270. The van der Waals surface area contributed by atoms with Gasteiger partial charge in [-0.25, -0.2) is 4.79 Å². The van der Waals surface area contributed by atoms with Crippen molar-refractivity contribution in [2.24, 2.45) is 0 Å². The maximum absolute atomic E-state index is 11.8. The standard InChI is InChI=1S/C20H23N3O4/c1-2-15-7-6-10-17(13-15)22-18(24)14-27-19(25)11-12-21-20(26)23-16-8-4-3-5-9-16/h3-10,13H,2,11-12,14H2,1H3,(H,22,24)(H2,21,23,26). The lowest BCUT2D eigenvalue weighted by atomic mass is 10.1. The Balaban J connectivity index is 1.62. The number of nitrogens with one attached hydrogen (secondary N) is 3. The summed E-state index contributed by atoms with van der Waals surface area (Å²) >= 11 is 0. The number of anilines is 2. The molecular weight excluding hydrogens is 346 g/mol.